The molecule has 25 heavy (non-hydrogen) atoms. The zero-order valence-electron chi connectivity index (χ0n) is 12.8. The number of sulfone groups is 1. The van der Waals surface area contributed by atoms with Crippen LogP contribution in [0, 0.1) is 17.0 Å². The molecule has 132 valence electrons. The van der Waals surface area contributed by atoms with Gasteiger partial charge in [-0.3, -0.25) is 14.9 Å². The quantitative estimate of drug-likeness (QED) is 0.643. The van der Waals surface area contributed by atoms with E-state index in [1.807, 2.05) is 0 Å². The van der Waals surface area contributed by atoms with E-state index < -0.39 is 31.3 Å². The molecule has 0 atom stereocenters. The number of nitrogens with zero attached hydrogens (tertiary/aromatic N) is 1. The number of anilines is 1. The van der Waals surface area contributed by atoms with Crippen LogP contribution in [0.25, 0.3) is 0 Å². The molecule has 0 unspecified atom stereocenters. The Hall–Kier alpha value is -2.88. The number of carbonyl (C=O) groups excluding carboxylic acids is 1. The van der Waals surface area contributed by atoms with Gasteiger partial charge in [0.1, 0.15) is 0 Å². The van der Waals surface area contributed by atoms with Crippen molar-refractivity contribution in [2.75, 3.05) is 5.32 Å². The number of rotatable bonds is 5. The molecule has 1 amide bonds. The van der Waals surface area contributed by atoms with Gasteiger partial charge in [-0.05, 0) is 25.1 Å². The van der Waals surface area contributed by atoms with Gasteiger partial charge < -0.3 is 5.32 Å². The molecule has 0 radical (unpaired) electrons. The highest BCUT2D eigenvalue weighted by Gasteiger charge is 2.29. The van der Waals surface area contributed by atoms with E-state index in [-0.39, 0.29) is 16.9 Å². The number of nitro groups is 1. The molecular formula is C15H12F2N2O5S. The summed E-state index contributed by atoms with van der Waals surface area (Å²) in [5, 5.41) is 13.1. The number of alkyl halides is 2. The largest absolute Gasteiger partial charge is 0.341 e. The Morgan fingerprint density at radius 2 is 1.84 bits per heavy atom. The molecule has 0 saturated carbocycles. The van der Waals surface area contributed by atoms with Crippen LogP contribution in [0.4, 0.5) is 20.2 Å². The molecule has 0 bridgehead atoms. The van der Waals surface area contributed by atoms with Gasteiger partial charge in [-0.25, -0.2) is 8.42 Å². The fraction of sp³-hybridized carbons (Fsp3) is 0.133. The Morgan fingerprint density at radius 1 is 1.20 bits per heavy atom. The first-order chi connectivity index (χ1) is 11.6. The van der Waals surface area contributed by atoms with E-state index in [4.69, 9.17) is 0 Å². The van der Waals surface area contributed by atoms with Gasteiger partial charge >= 0.3 is 5.76 Å². The average Bonchev–Trinajstić information content (AvgIpc) is 2.55. The minimum absolute atomic E-state index is 0.110. The average molecular weight is 370 g/mol. The van der Waals surface area contributed by atoms with E-state index in [1.54, 1.807) is 0 Å². The summed E-state index contributed by atoms with van der Waals surface area (Å²) < 4.78 is 48.8. The van der Waals surface area contributed by atoms with Crippen LogP contribution in [-0.2, 0) is 9.84 Å². The van der Waals surface area contributed by atoms with E-state index in [0.717, 1.165) is 18.2 Å². The van der Waals surface area contributed by atoms with Crippen molar-refractivity contribution < 1.29 is 26.9 Å². The first-order valence-electron chi connectivity index (χ1n) is 6.82. The van der Waals surface area contributed by atoms with Crippen LogP contribution >= 0.6 is 0 Å². The summed E-state index contributed by atoms with van der Waals surface area (Å²) >= 11 is 0. The molecule has 1 N–H and O–H groups in total. The Balaban J connectivity index is 2.40. The third-order valence-electron chi connectivity index (χ3n) is 3.34. The summed E-state index contributed by atoms with van der Waals surface area (Å²) in [6.07, 6.45) is 0. The number of hydrogen-bond acceptors (Lipinski definition) is 5. The number of aryl methyl sites for hydroxylation is 1. The van der Waals surface area contributed by atoms with E-state index >= 15 is 0 Å². The van der Waals surface area contributed by atoms with Crippen molar-refractivity contribution in [3.05, 3.63) is 63.7 Å². The van der Waals surface area contributed by atoms with E-state index in [0.29, 0.717) is 5.56 Å². The number of hydrogen-bond donors (Lipinski definition) is 1. The van der Waals surface area contributed by atoms with Crippen molar-refractivity contribution in [2.24, 2.45) is 0 Å². The second-order valence-electron chi connectivity index (χ2n) is 5.01. The molecule has 0 aliphatic heterocycles. The second kappa shape index (κ2) is 6.93. The molecule has 7 nitrogen and oxygen atoms in total. The highest BCUT2D eigenvalue weighted by Crippen LogP contribution is 2.27. The molecule has 10 heteroatoms. The molecule has 0 aliphatic rings. The molecule has 0 aliphatic carbocycles. The minimum atomic E-state index is -4.92. The van der Waals surface area contributed by atoms with Gasteiger partial charge in [0.15, 0.2) is 0 Å². The predicted octanol–water partition coefficient (Wildman–Crippen LogP) is 3.15. The predicted molar refractivity (Wildman–Crippen MR) is 85.4 cm³/mol. The number of benzene rings is 2. The Morgan fingerprint density at radius 3 is 2.44 bits per heavy atom. The Labute approximate surface area is 141 Å². The van der Waals surface area contributed by atoms with Gasteiger partial charge in [0, 0.05) is 17.2 Å². The van der Waals surface area contributed by atoms with Crippen molar-refractivity contribution in [1.82, 2.24) is 0 Å². The third kappa shape index (κ3) is 3.79. The molecule has 0 fully saturated rings. The fourth-order valence-corrected chi connectivity index (χ4v) is 2.94. The first-order valence-corrected chi connectivity index (χ1v) is 8.36. The first kappa shape index (κ1) is 18.5. The van der Waals surface area contributed by atoms with Gasteiger partial charge in [-0.15, -0.1) is 0 Å². The van der Waals surface area contributed by atoms with E-state index in [2.05, 4.69) is 5.32 Å². The van der Waals surface area contributed by atoms with Gasteiger partial charge in [-0.2, -0.15) is 8.78 Å². The summed E-state index contributed by atoms with van der Waals surface area (Å²) in [5.74, 6) is -4.51. The molecule has 0 saturated heterocycles. The highest BCUT2D eigenvalue weighted by molar-refractivity contribution is 7.91. The van der Waals surface area contributed by atoms with Crippen molar-refractivity contribution in [1.29, 1.82) is 0 Å². The second-order valence-corrected chi connectivity index (χ2v) is 6.90. The lowest BCUT2D eigenvalue weighted by Crippen LogP contribution is -2.18. The van der Waals surface area contributed by atoms with Crippen molar-refractivity contribution in [3.8, 4) is 0 Å². The lowest BCUT2D eigenvalue weighted by atomic mass is 10.1. The van der Waals surface area contributed by atoms with Gasteiger partial charge in [-0.1, -0.05) is 18.2 Å². The Bertz CT molecular complexity index is 945. The topological polar surface area (TPSA) is 106 Å². The molecule has 2 aromatic carbocycles. The summed E-state index contributed by atoms with van der Waals surface area (Å²) in [7, 11) is -4.92. The van der Waals surface area contributed by atoms with Crippen LogP contribution in [0.5, 0.6) is 0 Å². The van der Waals surface area contributed by atoms with E-state index in [1.165, 1.54) is 31.2 Å². The van der Waals surface area contributed by atoms with Crippen LogP contribution in [0.1, 0.15) is 15.9 Å². The monoisotopic (exact) mass is 370 g/mol. The maximum Gasteiger partial charge on any atom is 0.341 e. The van der Waals surface area contributed by atoms with Crippen molar-refractivity contribution >= 4 is 27.1 Å². The SMILES string of the molecule is Cc1ccc(C(=O)Nc2ccccc2S(=O)(=O)C(F)F)cc1[N+](=O)[O-]. The molecule has 0 spiro atoms. The molecule has 2 rings (SSSR count). The lowest BCUT2D eigenvalue weighted by molar-refractivity contribution is -0.385. The van der Waals surface area contributed by atoms with Crippen LogP contribution in [0.2, 0.25) is 0 Å². The number of amides is 1. The molecular weight excluding hydrogens is 358 g/mol. The van der Waals surface area contributed by atoms with Crippen LogP contribution in [-0.4, -0.2) is 25.0 Å². The summed E-state index contributed by atoms with van der Waals surface area (Å²) in [6, 6.07) is 8.37. The third-order valence-corrected chi connectivity index (χ3v) is 4.78. The summed E-state index contributed by atoms with van der Waals surface area (Å²) in [5.41, 5.74) is -0.402. The number of para-hydroxylation sites is 1. The van der Waals surface area contributed by atoms with Crippen molar-refractivity contribution in [3.63, 3.8) is 0 Å². The fourth-order valence-electron chi connectivity index (χ4n) is 2.06. The molecule has 2 aromatic rings. The van der Waals surface area contributed by atoms with E-state index in [9.17, 15) is 32.1 Å². The van der Waals surface area contributed by atoms with Crippen LogP contribution in [0.3, 0.4) is 0 Å². The highest BCUT2D eigenvalue weighted by atomic mass is 32.2. The smallest absolute Gasteiger partial charge is 0.321 e. The Kier molecular flexibility index (Phi) is 5.12. The van der Waals surface area contributed by atoms with Crippen molar-refractivity contribution in [2.45, 2.75) is 17.6 Å². The summed E-state index contributed by atoms with van der Waals surface area (Å²) in [6.45, 7) is 1.49. The zero-order valence-corrected chi connectivity index (χ0v) is 13.6. The van der Waals surface area contributed by atoms with Gasteiger partial charge in [0.2, 0.25) is 9.84 Å². The van der Waals surface area contributed by atoms with Crippen LogP contribution < -0.4 is 5.32 Å². The van der Waals surface area contributed by atoms with Gasteiger partial charge in [0.25, 0.3) is 11.6 Å². The standard InChI is InChI=1S/C15H12F2N2O5S/c1-9-6-7-10(8-12(9)19(21)22)14(20)18-11-4-2-3-5-13(11)25(23,24)15(16)17/h2-8,15H,1H3,(H,18,20). The maximum absolute atomic E-state index is 12.7. The van der Waals surface area contributed by atoms with Gasteiger partial charge in [0.05, 0.1) is 15.5 Å². The molecule has 0 heterocycles. The number of halogens is 2. The number of carbonyl (C=O) groups is 1. The molecule has 0 aromatic heterocycles. The number of nitrogens with one attached hydrogen (secondary N) is 1. The van der Waals surface area contributed by atoms with Crippen LogP contribution in [0.15, 0.2) is 47.4 Å². The lowest BCUT2D eigenvalue weighted by Gasteiger charge is -2.11. The number of nitro benzene ring substituents is 1. The normalized spacial score (nSPS) is 11.4. The zero-order chi connectivity index (χ0) is 18.8. The maximum atomic E-state index is 12.7. The summed E-state index contributed by atoms with van der Waals surface area (Å²) in [4.78, 5) is 21.8. The minimum Gasteiger partial charge on any atom is -0.321 e.